The first kappa shape index (κ1) is 15.8. The Morgan fingerprint density at radius 2 is 2.19 bits per heavy atom. The van der Waals surface area contributed by atoms with Crippen LogP contribution in [-0.4, -0.2) is 16.6 Å². The Morgan fingerprint density at radius 1 is 1.52 bits per heavy atom. The third-order valence-corrected chi connectivity index (χ3v) is 4.91. The monoisotopic (exact) mass is 350 g/mol. The average molecular weight is 351 g/mol. The zero-order valence-corrected chi connectivity index (χ0v) is 13.6. The van der Waals surface area contributed by atoms with Crippen LogP contribution in [0, 0.1) is 17.2 Å². The number of carbonyl (C=O) groups is 1. The van der Waals surface area contributed by atoms with E-state index in [9.17, 15) is 15.2 Å². The molecule has 1 saturated carbocycles. The van der Waals surface area contributed by atoms with E-state index in [-0.39, 0.29) is 0 Å². The Morgan fingerprint density at radius 3 is 2.71 bits per heavy atom. The normalized spacial score (nSPS) is 25.1. The topological polar surface area (TPSA) is 73.1 Å². The lowest BCUT2D eigenvalue weighted by Gasteiger charge is -2.38. The van der Waals surface area contributed by atoms with Crippen molar-refractivity contribution in [2.45, 2.75) is 44.6 Å². The van der Waals surface area contributed by atoms with Crippen molar-refractivity contribution in [1.82, 2.24) is 0 Å². The lowest BCUT2D eigenvalue weighted by molar-refractivity contribution is -0.143. The van der Waals surface area contributed by atoms with Gasteiger partial charge in [-0.25, -0.2) is 4.79 Å². The molecule has 1 fully saturated rings. The van der Waals surface area contributed by atoms with Crippen LogP contribution in [0.3, 0.4) is 0 Å². The summed E-state index contributed by atoms with van der Waals surface area (Å²) in [5, 5.41) is 22.0. The molecule has 4 nitrogen and oxygen atoms in total. The molecule has 1 aromatic rings. The number of aliphatic carboxylic acids is 1. The average Bonchev–Trinajstić information content (AvgIpc) is 2.48. The Bertz CT molecular complexity index is 572. The predicted octanol–water partition coefficient (Wildman–Crippen LogP) is 4.16. The van der Waals surface area contributed by atoms with Crippen molar-refractivity contribution < 1.29 is 9.90 Å². The van der Waals surface area contributed by atoms with Gasteiger partial charge in [-0.15, -0.1) is 0 Å². The fraction of sp³-hybridized carbons (Fsp3) is 0.500. The van der Waals surface area contributed by atoms with Gasteiger partial charge in [-0.3, -0.25) is 0 Å². The van der Waals surface area contributed by atoms with Gasteiger partial charge in [0.25, 0.3) is 0 Å². The molecule has 1 aliphatic carbocycles. The first-order valence-corrected chi connectivity index (χ1v) is 8.01. The molecule has 0 spiro atoms. The molecule has 1 aliphatic rings. The van der Waals surface area contributed by atoms with Gasteiger partial charge in [0, 0.05) is 4.47 Å². The zero-order valence-electron chi connectivity index (χ0n) is 12.0. The number of halogens is 1. The standard InChI is InChI=1S/C16H19BrN2O2/c1-2-11-5-7-16(8-6-11,15(20)21)19-14-9-13(17)4-3-12(14)10-18/h3-4,9,11,19H,2,5-8H2,1H3,(H,20,21). The second kappa shape index (κ2) is 6.48. The molecule has 112 valence electrons. The molecular weight excluding hydrogens is 332 g/mol. The van der Waals surface area contributed by atoms with Gasteiger partial charge < -0.3 is 10.4 Å². The first-order valence-electron chi connectivity index (χ1n) is 7.22. The van der Waals surface area contributed by atoms with Crippen LogP contribution in [0.1, 0.15) is 44.6 Å². The van der Waals surface area contributed by atoms with Crippen LogP contribution in [0.15, 0.2) is 22.7 Å². The minimum atomic E-state index is -0.960. The molecule has 0 radical (unpaired) electrons. The Labute approximate surface area is 133 Å². The highest BCUT2D eigenvalue weighted by Crippen LogP contribution is 2.37. The Balaban J connectivity index is 2.28. The Hall–Kier alpha value is -1.54. The van der Waals surface area contributed by atoms with Crippen LogP contribution < -0.4 is 5.32 Å². The number of rotatable bonds is 4. The van der Waals surface area contributed by atoms with Crippen LogP contribution in [0.5, 0.6) is 0 Å². The maximum atomic E-state index is 11.8. The van der Waals surface area contributed by atoms with E-state index >= 15 is 0 Å². The third-order valence-electron chi connectivity index (χ3n) is 4.42. The number of hydrogen-bond donors (Lipinski definition) is 2. The number of nitrogens with one attached hydrogen (secondary N) is 1. The molecule has 2 N–H and O–H groups in total. The number of carboxylic acids is 1. The van der Waals surface area contributed by atoms with E-state index in [0.29, 0.717) is 30.0 Å². The van der Waals surface area contributed by atoms with Gasteiger partial charge in [-0.05, 0) is 49.8 Å². The molecule has 0 heterocycles. The fourth-order valence-electron chi connectivity index (χ4n) is 2.95. The summed E-state index contributed by atoms with van der Waals surface area (Å²) in [5.74, 6) is -0.224. The van der Waals surface area contributed by atoms with E-state index in [1.165, 1.54) is 0 Å². The minimum Gasteiger partial charge on any atom is -0.480 e. The molecule has 0 aromatic heterocycles. The van der Waals surface area contributed by atoms with Gasteiger partial charge in [0.15, 0.2) is 0 Å². The van der Waals surface area contributed by atoms with Crippen molar-refractivity contribution >= 4 is 27.6 Å². The zero-order chi connectivity index (χ0) is 15.5. The number of carboxylic acid groups (broad SMARTS) is 1. The highest BCUT2D eigenvalue weighted by Gasteiger charge is 2.42. The minimum absolute atomic E-state index is 0.469. The van der Waals surface area contributed by atoms with Crippen molar-refractivity contribution in [2.75, 3.05) is 5.32 Å². The van der Waals surface area contributed by atoms with Crippen LogP contribution in [0.4, 0.5) is 5.69 Å². The van der Waals surface area contributed by atoms with Crippen molar-refractivity contribution in [1.29, 1.82) is 5.26 Å². The summed E-state index contributed by atoms with van der Waals surface area (Å²) in [7, 11) is 0. The molecule has 0 aliphatic heterocycles. The predicted molar refractivity (Wildman–Crippen MR) is 85.1 cm³/mol. The van der Waals surface area contributed by atoms with Crippen LogP contribution in [0.2, 0.25) is 0 Å². The van der Waals surface area contributed by atoms with Gasteiger partial charge in [0.2, 0.25) is 0 Å². The summed E-state index contributed by atoms with van der Waals surface area (Å²) in [6, 6.07) is 7.36. The quantitative estimate of drug-likeness (QED) is 0.854. The van der Waals surface area contributed by atoms with Crippen molar-refractivity contribution in [3.05, 3.63) is 28.2 Å². The SMILES string of the molecule is CCC1CCC(Nc2cc(Br)ccc2C#N)(C(=O)O)CC1. The lowest BCUT2D eigenvalue weighted by Crippen LogP contribution is -2.49. The second-order valence-electron chi connectivity index (χ2n) is 5.67. The van der Waals surface area contributed by atoms with Gasteiger partial charge in [0.05, 0.1) is 11.3 Å². The van der Waals surface area contributed by atoms with E-state index in [2.05, 4.69) is 34.2 Å². The van der Waals surface area contributed by atoms with Gasteiger partial charge in [-0.1, -0.05) is 29.3 Å². The summed E-state index contributed by atoms with van der Waals surface area (Å²) >= 11 is 3.37. The summed E-state index contributed by atoms with van der Waals surface area (Å²) < 4.78 is 0.826. The molecule has 0 bridgehead atoms. The molecule has 21 heavy (non-hydrogen) atoms. The summed E-state index contributed by atoms with van der Waals surface area (Å²) in [5.41, 5.74) is 0.0959. The van der Waals surface area contributed by atoms with E-state index in [1.807, 2.05) is 0 Å². The molecule has 2 rings (SSSR count). The van der Waals surface area contributed by atoms with Gasteiger partial charge in [-0.2, -0.15) is 5.26 Å². The van der Waals surface area contributed by atoms with E-state index < -0.39 is 11.5 Å². The number of benzene rings is 1. The molecule has 0 saturated heterocycles. The highest BCUT2D eigenvalue weighted by atomic mass is 79.9. The molecule has 1 aromatic carbocycles. The van der Waals surface area contributed by atoms with Gasteiger partial charge >= 0.3 is 5.97 Å². The summed E-state index contributed by atoms with van der Waals surface area (Å²) in [6.45, 7) is 2.15. The number of anilines is 1. The molecule has 0 amide bonds. The van der Waals surface area contributed by atoms with E-state index in [4.69, 9.17) is 0 Å². The number of nitriles is 1. The van der Waals surface area contributed by atoms with E-state index in [1.54, 1.807) is 18.2 Å². The molecule has 0 atom stereocenters. The largest absolute Gasteiger partial charge is 0.480 e. The van der Waals surface area contributed by atoms with E-state index in [0.717, 1.165) is 23.7 Å². The lowest BCUT2D eigenvalue weighted by atomic mass is 9.75. The van der Waals surface area contributed by atoms with Crippen molar-refractivity contribution in [3.8, 4) is 6.07 Å². The molecule has 0 unspecified atom stereocenters. The maximum Gasteiger partial charge on any atom is 0.329 e. The van der Waals surface area contributed by atoms with Gasteiger partial charge in [0.1, 0.15) is 11.6 Å². The summed E-state index contributed by atoms with van der Waals surface area (Å²) in [4.78, 5) is 11.8. The van der Waals surface area contributed by atoms with Crippen molar-refractivity contribution in [2.24, 2.45) is 5.92 Å². The first-order chi connectivity index (χ1) is 10.0. The fourth-order valence-corrected chi connectivity index (χ4v) is 3.31. The van der Waals surface area contributed by atoms with Crippen molar-refractivity contribution in [3.63, 3.8) is 0 Å². The van der Waals surface area contributed by atoms with Crippen LogP contribution in [-0.2, 0) is 4.79 Å². The molecule has 5 heteroatoms. The maximum absolute atomic E-state index is 11.8. The number of nitrogens with zero attached hydrogens (tertiary/aromatic N) is 1. The van der Waals surface area contributed by atoms with Crippen LogP contribution in [0.25, 0.3) is 0 Å². The second-order valence-corrected chi connectivity index (χ2v) is 6.58. The Kier molecular flexibility index (Phi) is 4.89. The smallest absolute Gasteiger partial charge is 0.329 e. The number of hydrogen-bond acceptors (Lipinski definition) is 3. The summed E-state index contributed by atoms with van der Waals surface area (Å²) in [6.07, 6.45) is 4.10. The highest BCUT2D eigenvalue weighted by molar-refractivity contribution is 9.10. The van der Waals surface area contributed by atoms with Crippen LogP contribution >= 0.6 is 15.9 Å². The molecular formula is C16H19BrN2O2. The third kappa shape index (κ3) is 3.38.